The molecule has 0 amide bonds. The number of benzene rings is 1. The molecular weight excluding hydrogens is 453 g/mol. The fourth-order valence-electron chi connectivity index (χ4n) is 3.84. The Labute approximate surface area is 195 Å². The number of allylic oxidation sites excluding steroid dienone is 1. The minimum Gasteiger partial charge on any atom is -0.466 e. The van der Waals surface area contributed by atoms with Crippen LogP contribution in [0, 0.1) is 15.9 Å². The molecule has 2 N–H and O–H groups in total. The number of nitrogens with zero attached hydrogens (tertiary/aromatic N) is 4. The van der Waals surface area contributed by atoms with Crippen LogP contribution in [0.25, 0.3) is 0 Å². The van der Waals surface area contributed by atoms with E-state index in [0.29, 0.717) is 11.7 Å². The van der Waals surface area contributed by atoms with Gasteiger partial charge in [0.2, 0.25) is 0 Å². The fraction of sp³-hybridized carbons (Fsp3) is 0.273. The van der Waals surface area contributed by atoms with Gasteiger partial charge in [-0.05, 0) is 24.6 Å². The van der Waals surface area contributed by atoms with E-state index in [2.05, 4.69) is 4.98 Å². The van der Waals surface area contributed by atoms with Gasteiger partial charge >= 0.3 is 5.97 Å². The van der Waals surface area contributed by atoms with E-state index in [-0.39, 0.29) is 35.0 Å². The minimum absolute atomic E-state index is 0.0534. The van der Waals surface area contributed by atoms with E-state index in [4.69, 9.17) is 22.1 Å². The first-order chi connectivity index (χ1) is 15.7. The van der Waals surface area contributed by atoms with Crippen LogP contribution in [0.4, 0.5) is 4.39 Å². The van der Waals surface area contributed by atoms with Gasteiger partial charge in [0, 0.05) is 31.9 Å². The summed E-state index contributed by atoms with van der Waals surface area (Å²) in [5, 5.41) is 12.7. The number of rotatable bonds is 7. The summed E-state index contributed by atoms with van der Waals surface area (Å²) < 4.78 is 19.7. The number of aromatic nitrogens is 1. The van der Waals surface area contributed by atoms with Gasteiger partial charge in [0.15, 0.2) is 5.82 Å². The van der Waals surface area contributed by atoms with Gasteiger partial charge in [0.1, 0.15) is 22.7 Å². The van der Waals surface area contributed by atoms with E-state index < -0.39 is 22.6 Å². The van der Waals surface area contributed by atoms with Crippen LogP contribution in [0.5, 0.6) is 0 Å². The molecule has 0 bridgehead atoms. The Morgan fingerprint density at radius 2 is 2.06 bits per heavy atom. The Morgan fingerprint density at radius 1 is 1.36 bits per heavy atom. The highest BCUT2D eigenvalue weighted by Gasteiger charge is 2.47. The molecule has 33 heavy (non-hydrogen) atoms. The molecule has 3 rings (SSSR count). The van der Waals surface area contributed by atoms with Gasteiger partial charge in [-0.3, -0.25) is 10.1 Å². The molecule has 0 fully saturated rings. The maximum atomic E-state index is 14.9. The van der Waals surface area contributed by atoms with Crippen molar-refractivity contribution in [2.24, 2.45) is 5.73 Å². The molecule has 174 valence electrons. The number of hydrogen-bond acceptors (Lipinski definition) is 8. The number of nitro groups is 1. The first-order valence-electron chi connectivity index (χ1n) is 10.0. The monoisotopic (exact) mass is 475 g/mol. The smallest absolute Gasteiger partial charge is 0.338 e. The zero-order chi connectivity index (χ0) is 24.3. The molecule has 1 aliphatic heterocycles. The van der Waals surface area contributed by atoms with E-state index >= 15 is 0 Å². The zero-order valence-corrected chi connectivity index (χ0v) is 19.0. The summed E-state index contributed by atoms with van der Waals surface area (Å²) in [6.07, 6.45) is 1.56. The third-order valence-corrected chi connectivity index (χ3v) is 5.63. The molecule has 0 spiro atoms. The molecule has 0 aliphatic carbocycles. The van der Waals surface area contributed by atoms with Crippen molar-refractivity contribution in [1.29, 1.82) is 0 Å². The lowest BCUT2D eigenvalue weighted by Gasteiger charge is -2.38. The summed E-state index contributed by atoms with van der Waals surface area (Å²) in [4.78, 5) is 31.6. The van der Waals surface area contributed by atoms with E-state index in [1.165, 1.54) is 36.2 Å². The van der Waals surface area contributed by atoms with Crippen LogP contribution in [-0.2, 0) is 16.1 Å². The van der Waals surface area contributed by atoms with Crippen LogP contribution in [0.15, 0.2) is 65.5 Å². The van der Waals surface area contributed by atoms with Crippen LogP contribution in [0.2, 0.25) is 5.15 Å². The molecule has 1 unspecified atom stereocenters. The minimum atomic E-state index is -1.38. The largest absolute Gasteiger partial charge is 0.466 e. The molecule has 9 nitrogen and oxygen atoms in total. The Hall–Kier alpha value is -3.66. The number of pyridine rings is 1. The molecule has 2 heterocycles. The van der Waals surface area contributed by atoms with E-state index in [0.717, 1.165) is 12.7 Å². The van der Waals surface area contributed by atoms with Crippen molar-refractivity contribution >= 4 is 17.6 Å². The summed E-state index contributed by atoms with van der Waals surface area (Å²) in [6.45, 7) is 2.41. The Morgan fingerprint density at radius 3 is 2.61 bits per heavy atom. The molecule has 1 aromatic heterocycles. The van der Waals surface area contributed by atoms with Crippen LogP contribution >= 0.6 is 11.6 Å². The number of methoxy groups -OCH3 is 1. The van der Waals surface area contributed by atoms with E-state index in [9.17, 15) is 19.3 Å². The predicted molar refractivity (Wildman–Crippen MR) is 119 cm³/mol. The summed E-state index contributed by atoms with van der Waals surface area (Å²) in [6, 6.07) is 8.93. The average molecular weight is 476 g/mol. The Balaban J connectivity index is 2.26. The number of ether oxygens (including phenoxy) is 1. The lowest BCUT2D eigenvalue weighted by molar-refractivity contribution is -0.433. The Kier molecular flexibility index (Phi) is 7.17. The van der Waals surface area contributed by atoms with Crippen molar-refractivity contribution in [2.45, 2.75) is 19.4 Å². The van der Waals surface area contributed by atoms with Gasteiger partial charge in [-0.25, -0.2) is 14.2 Å². The van der Waals surface area contributed by atoms with Gasteiger partial charge in [-0.1, -0.05) is 35.9 Å². The highest BCUT2D eigenvalue weighted by Crippen LogP contribution is 2.42. The average Bonchev–Trinajstić information content (AvgIpc) is 2.80. The first kappa shape index (κ1) is 24.0. The number of hydrogen-bond donors (Lipinski definition) is 1. The highest BCUT2D eigenvalue weighted by molar-refractivity contribution is 6.29. The van der Waals surface area contributed by atoms with Crippen molar-refractivity contribution in [3.63, 3.8) is 0 Å². The van der Waals surface area contributed by atoms with Crippen molar-refractivity contribution < 1.29 is 18.8 Å². The second-order valence-corrected chi connectivity index (χ2v) is 7.66. The van der Waals surface area contributed by atoms with Crippen molar-refractivity contribution in [3.05, 3.63) is 97.7 Å². The third-order valence-electron chi connectivity index (χ3n) is 5.41. The van der Waals surface area contributed by atoms with Crippen LogP contribution < -0.4 is 5.73 Å². The van der Waals surface area contributed by atoms with E-state index in [1.807, 2.05) is 6.92 Å². The molecular formula is C22H23ClFN5O4. The summed E-state index contributed by atoms with van der Waals surface area (Å²) in [5.41, 5.74) is 6.40. The quantitative estimate of drug-likeness (QED) is 0.281. The van der Waals surface area contributed by atoms with Gasteiger partial charge in [0.25, 0.3) is 5.70 Å². The highest BCUT2D eigenvalue weighted by atomic mass is 35.5. The predicted octanol–water partition coefficient (Wildman–Crippen LogP) is 3.21. The molecule has 0 radical (unpaired) electrons. The van der Waals surface area contributed by atoms with Crippen molar-refractivity contribution in [2.75, 3.05) is 20.7 Å². The van der Waals surface area contributed by atoms with E-state index in [1.54, 1.807) is 23.2 Å². The second-order valence-electron chi connectivity index (χ2n) is 7.27. The van der Waals surface area contributed by atoms with Crippen molar-refractivity contribution in [1.82, 2.24) is 14.8 Å². The molecule has 11 heteroatoms. The normalized spacial score (nSPS) is 16.2. The van der Waals surface area contributed by atoms with Gasteiger partial charge < -0.3 is 20.3 Å². The SMILES string of the molecule is CCN(Cc1ccc(Cl)nc1)C1=C([N+](=O)[O-])C(c2ccccc2F)C(C(=O)OC)=C(N)N1C. The fourth-order valence-corrected chi connectivity index (χ4v) is 3.95. The summed E-state index contributed by atoms with van der Waals surface area (Å²) in [7, 11) is 2.65. The van der Waals surface area contributed by atoms with Crippen LogP contribution in [0.3, 0.4) is 0 Å². The lowest BCUT2D eigenvalue weighted by atomic mass is 9.85. The molecule has 1 atom stereocenters. The maximum absolute atomic E-state index is 14.9. The number of carbonyl (C=O) groups excluding carboxylic acids is 1. The van der Waals surface area contributed by atoms with Crippen LogP contribution in [-0.4, -0.2) is 46.4 Å². The second kappa shape index (κ2) is 9.86. The summed E-state index contributed by atoms with van der Waals surface area (Å²) >= 11 is 5.87. The van der Waals surface area contributed by atoms with Crippen LogP contribution in [0.1, 0.15) is 24.0 Å². The molecule has 0 saturated heterocycles. The van der Waals surface area contributed by atoms with Gasteiger partial charge in [-0.15, -0.1) is 0 Å². The van der Waals surface area contributed by atoms with Gasteiger partial charge in [0.05, 0.1) is 17.6 Å². The molecule has 1 aliphatic rings. The van der Waals surface area contributed by atoms with Gasteiger partial charge in [-0.2, -0.15) is 0 Å². The first-order valence-corrected chi connectivity index (χ1v) is 10.4. The molecule has 1 aromatic carbocycles. The Bertz CT molecular complexity index is 1140. The molecule has 2 aromatic rings. The zero-order valence-electron chi connectivity index (χ0n) is 18.3. The van der Waals surface area contributed by atoms with Crippen molar-refractivity contribution in [3.8, 4) is 0 Å². The maximum Gasteiger partial charge on any atom is 0.338 e. The molecule has 0 saturated carbocycles. The lowest BCUT2D eigenvalue weighted by Crippen LogP contribution is -2.43. The number of carbonyl (C=O) groups is 1. The topological polar surface area (TPSA) is 115 Å². The number of halogens is 2. The third kappa shape index (κ3) is 4.61. The number of nitrogens with two attached hydrogens (primary N) is 1. The standard InChI is InChI=1S/C22H23ClFN5O4/c1-4-28(12-13-9-10-16(23)26-11-13)21-19(29(31)32)17(14-7-5-6-8-15(14)24)18(22(30)33-3)20(25)27(21)2/h5-11,17H,4,12,25H2,1-3H3. The number of esters is 1. The summed E-state index contributed by atoms with van der Waals surface area (Å²) in [5.74, 6) is -2.89.